The molecule has 0 bridgehead atoms. The summed E-state index contributed by atoms with van der Waals surface area (Å²) in [5.41, 5.74) is 1.62. The van der Waals surface area contributed by atoms with Crippen LogP contribution in [0.25, 0.3) is 0 Å². The first kappa shape index (κ1) is 15.7. The Hall–Kier alpha value is -1.36. The van der Waals surface area contributed by atoms with Gasteiger partial charge in [-0.2, -0.15) is 5.10 Å². The van der Waals surface area contributed by atoms with E-state index in [1.165, 1.54) is 0 Å². The Morgan fingerprint density at radius 1 is 1.47 bits per heavy atom. The Balaban J connectivity index is 3.01. The highest BCUT2D eigenvalue weighted by Gasteiger charge is 2.24. The second-order valence-corrected chi connectivity index (χ2v) is 5.77. The van der Waals surface area contributed by atoms with Crippen LogP contribution in [0.5, 0.6) is 0 Å². The topological polar surface area (TPSA) is 50.2 Å². The number of likely N-dealkylation sites (N-methyl/N-ethyl adjacent to an activating group) is 2. The van der Waals surface area contributed by atoms with Gasteiger partial charge in [0.1, 0.15) is 0 Å². The number of rotatable bonds is 5. The smallest absolute Gasteiger partial charge is 0.257 e. The van der Waals surface area contributed by atoms with Gasteiger partial charge >= 0.3 is 0 Å². The van der Waals surface area contributed by atoms with Crippen LogP contribution in [0.3, 0.4) is 0 Å². The fourth-order valence-corrected chi connectivity index (χ4v) is 2.06. The first-order valence-electron chi connectivity index (χ1n) is 6.80. The first-order chi connectivity index (χ1) is 8.82. The molecule has 5 nitrogen and oxygen atoms in total. The Kier molecular flexibility index (Phi) is 5.11. The van der Waals surface area contributed by atoms with Gasteiger partial charge in [0.2, 0.25) is 0 Å². The van der Waals surface area contributed by atoms with Crippen molar-refractivity contribution >= 4 is 5.91 Å². The third-order valence-corrected chi connectivity index (χ3v) is 3.11. The summed E-state index contributed by atoms with van der Waals surface area (Å²) in [6, 6.07) is 0. The molecule has 19 heavy (non-hydrogen) atoms. The highest BCUT2D eigenvalue weighted by molar-refractivity contribution is 5.95. The molecule has 0 unspecified atom stereocenters. The average molecular weight is 266 g/mol. The number of carbonyl (C=O) groups excluding carboxylic acids is 1. The quantitative estimate of drug-likeness (QED) is 0.878. The van der Waals surface area contributed by atoms with E-state index in [1.54, 1.807) is 11.1 Å². The molecule has 5 heteroatoms. The molecule has 1 amide bonds. The predicted octanol–water partition coefficient (Wildman–Crippen LogP) is 1.49. The summed E-state index contributed by atoms with van der Waals surface area (Å²) >= 11 is 0. The largest absolute Gasteiger partial charge is 0.340 e. The van der Waals surface area contributed by atoms with E-state index in [0.29, 0.717) is 6.54 Å². The highest BCUT2D eigenvalue weighted by atomic mass is 16.2. The molecule has 0 spiro atoms. The Morgan fingerprint density at radius 2 is 2.11 bits per heavy atom. The second-order valence-electron chi connectivity index (χ2n) is 5.77. The lowest BCUT2D eigenvalue weighted by atomic mass is 10.1. The fraction of sp³-hybridized carbons (Fsp3) is 0.714. The Bertz CT molecular complexity index is 431. The molecule has 0 saturated heterocycles. The van der Waals surface area contributed by atoms with Gasteiger partial charge < -0.3 is 10.2 Å². The molecular formula is C14H26N4O. The van der Waals surface area contributed by atoms with Crippen molar-refractivity contribution < 1.29 is 4.79 Å². The van der Waals surface area contributed by atoms with E-state index in [1.807, 2.05) is 18.8 Å². The van der Waals surface area contributed by atoms with Crippen molar-refractivity contribution in [2.45, 2.75) is 39.7 Å². The normalized spacial score (nSPS) is 11.7. The van der Waals surface area contributed by atoms with Crippen LogP contribution in [0.2, 0.25) is 0 Å². The number of nitrogens with zero attached hydrogens (tertiary/aromatic N) is 3. The van der Waals surface area contributed by atoms with Crippen LogP contribution in [0, 0.1) is 0 Å². The molecular weight excluding hydrogens is 240 g/mol. The van der Waals surface area contributed by atoms with E-state index in [0.717, 1.165) is 24.2 Å². The van der Waals surface area contributed by atoms with E-state index >= 15 is 0 Å². The number of nitrogens with one attached hydrogen (secondary N) is 1. The highest BCUT2D eigenvalue weighted by Crippen LogP contribution is 2.20. The Morgan fingerprint density at radius 3 is 2.58 bits per heavy atom. The van der Waals surface area contributed by atoms with Gasteiger partial charge in [0, 0.05) is 20.1 Å². The van der Waals surface area contributed by atoms with Crippen molar-refractivity contribution in [3.05, 3.63) is 17.5 Å². The molecule has 1 rings (SSSR count). The minimum absolute atomic E-state index is 0.0441. The lowest BCUT2D eigenvalue weighted by molar-refractivity contribution is 0.0795. The zero-order valence-corrected chi connectivity index (χ0v) is 12.9. The minimum atomic E-state index is -0.104. The molecule has 0 aromatic carbocycles. The monoisotopic (exact) mass is 266 g/mol. The third-order valence-electron chi connectivity index (χ3n) is 3.11. The summed E-state index contributed by atoms with van der Waals surface area (Å²) in [4.78, 5) is 14.2. The third kappa shape index (κ3) is 3.56. The van der Waals surface area contributed by atoms with E-state index in [2.05, 4.69) is 38.1 Å². The molecule has 108 valence electrons. The maximum Gasteiger partial charge on any atom is 0.257 e. The molecule has 0 fully saturated rings. The van der Waals surface area contributed by atoms with Crippen LogP contribution < -0.4 is 5.32 Å². The molecule has 1 aromatic rings. The molecule has 1 N–H and O–H groups in total. The van der Waals surface area contributed by atoms with Crippen LogP contribution in [0.1, 0.15) is 43.7 Å². The van der Waals surface area contributed by atoms with Crippen molar-refractivity contribution in [2.24, 2.45) is 0 Å². The number of hydrogen-bond donors (Lipinski definition) is 1. The van der Waals surface area contributed by atoms with Gasteiger partial charge in [-0.05, 0) is 34.2 Å². The molecule has 0 aliphatic rings. The summed E-state index contributed by atoms with van der Waals surface area (Å²) in [6.45, 7) is 9.83. The van der Waals surface area contributed by atoms with Crippen LogP contribution in [-0.2, 0) is 12.0 Å². The van der Waals surface area contributed by atoms with E-state index in [-0.39, 0.29) is 11.4 Å². The van der Waals surface area contributed by atoms with Crippen molar-refractivity contribution in [1.29, 1.82) is 0 Å². The second kappa shape index (κ2) is 6.19. The van der Waals surface area contributed by atoms with Gasteiger partial charge in [-0.1, -0.05) is 6.92 Å². The maximum atomic E-state index is 12.4. The standard InChI is InChI=1S/C14H26N4O/c1-7-12-11(10-16-18(12)14(2,3)4)13(19)17(6)9-8-15-5/h10,15H,7-9H2,1-6H3. The van der Waals surface area contributed by atoms with Gasteiger partial charge in [-0.25, -0.2) is 0 Å². The molecule has 0 atom stereocenters. The van der Waals surface area contributed by atoms with E-state index in [4.69, 9.17) is 0 Å². The summed E-state index contributed by atoms with van der Waals surface area (Å²) in [6.07, 6.45) is 2.50. The summed E-state index contributed by atoms with van der Waals surface area (Å²) < 4.78 is 1.95. The number of carbonyl (C=O) groups is 1. The van der Waals surface area contributed by atoms with Gasteiger partial charge in [0.25, 0.3) is 5.91 Å². The minimum Gasteiger partial charge on any atom is -0.340 e. The van der Waals surface area contributed by atoms with Crippen LogP contribution in [0.15, 0.2) is 6.20 Å². The molecule has 1 heterocycles. The lowest BCUT2D eigenvalue weighted by Crippen LogP contribution is -2.33. The molecule has 0 aliphatic heterocycles. The van der Waals surface area contributed by atoms with Gasteiger partial charge in [-0.3, -0.25) is 9.48 Å². The molecule has 0 radical (unpaired) electrons. The van der Waals surface area contributed by atoms with Crippen molar-refractivity contribution in [3.8, 4) is 0 Å². The van der Waals surface area contributed by atoms with E-state index in [9.17, 15) is 4.79 Å². The number of amides is 1. The zero-order chi connectivity index (χ0) is 14.6. The summed E-state index contributed by atoms with van der Waals surface area (Å²) in [5.74, 6) is 0.0441. The number of hydrogen-bond acceptors (Lipinski definition) is 3. The average Bonchev–Trinajstić information content (AvgIpc) is 2.78. The maximum absolute atomic E-state index is 12.4. The van der Waals surface area contributed by atoms with Gasteiger partial charge in [0.15, 0.2) is 0 Å². The summed E-state index contributed by atoms with van der Waals surface area (Å²) in [7, 11) is 3.71. The molecule has 1 aromatic heterocycles. The lowest BCUT2D eigenvalue weighted by Gasteiger charge is -2.23. The predicted molar refractivity (Wildman–Crippen MR) is 77.5 cm³/mol. The summed E-state index contributed by atoms with van der Waals surface area (Å²) in [5, 5.41) is 7.44. The van der Waals surface area contributed by atoms with Crippen LogP contribution in [-0.4, -0.2) is 47.8 Å². The first-order valence-corrected chi connectivity index (χ1v) is 6.80. The molecule has 0 aliphatic carbocycles. The van der Waals surface area contributed by atoms with Crippen molar-refractivity contribution in [3.63, 3.8) is 0 Å². The van der Waals surface area contributed by atoms with Crippen molar-refractivity contribution in [2.75, 3.05) is 27.2 Å². The zero-order valence-electron chi connectivity index (χ0n) is 12.9. The Labute approximate surface area is 116 Å². The van der Waals surface area contributed by atoms with Crippen LogP contribution in [0.4, 0.5) is 0 Å². The van der Waals surface area contributed by atoms with E-state index < -0.39 is 0 Å². The van der Waals surface area contributed by atoms with Crippen LogP contribution >= 0.6 is 0 Å². The molecule has 0 saturated carbocycles. The van der Waals surface area contributed by atoms with Gasteiger partial charge in [-0.15, -0.1) is 0 Å². The van der Waals surface area contributed by atoms with Gasteiger partial charge in [0.05, 0.1) is 23.0 Å². The fourth-order valence-electron chi connectivity index (χ4n) is 2.06. The SMILES string of the molecule is CCc1c(C(=O)N(C)CCNC)cnn1C(C)(C)C. The van der Waals surface area contributed by atoms with Crippen molar-refractivity contribution in [1.82, 2.24) is 20.0 Å². The number of aromatic nitrogens is 2.